The standard InChI is InChI=1S/C11H10ClN3O3S2/c1-5-7(3-8(16)17)19-11(14-5)20-9-6(12)4-13-10(15-9)18-2/h4H,3H2,1-2H3,(H,16,17). The van der Waals surface area contributed by atoms with E-state index in [1.807, 2.05) is 0 Å². The average Bonchev–Trinajstić information content (AvgIpc) is 2.71. The second-order valence-electron chi connectivity index (χ2n) is 3.67. The van der Waals surface area contributed by atoms with E-state index in [-0.39, 0.29) is 12.4 Å². The van der Waals surface area contributed by atoms with Crippen LogP contribution in [0.25, 0.3) is 0 Å². The quantitative estimate of drug-likeness (QED) is 0.843. The normalized spacial score (nSPS) is 10.6. The highest BCUT2D eigenvalue weighted by Crippen LogP contribution is 2.35. The molecule has 0 aromatic carbocycles. The van der Waals surface area contributed by atoms with Crippen LogP contribution < -0.4 is 4.74 Å². The van der Waals surface area contributed by atoms with Gasteiger partial charge in [-0.25, -0.2) is 9.97 Å². The van der Waals surface area contributed by atoms with Gasteiger partial charge in [0.1, 0.15) is 5.03 Å². The molecule has 0 aliphatic carbocycles. The predicted molar refractivity (Wildman–Crippen MR) is 75.9 cm³/mol. The Hall–Kier alpha value is -1.38. The number of rotatable bonds is 5. The fraction of sp³-hybridized carbons (Fsp3) is 0.273. The van der Waals surface area contributed by atoms with Gasteiger partial charge in [0.25, 0.3) is 0 Å². The molecule has 0 atom stereocenters. The lowest BCUT2D eigenvalue weighted by Crippen LogP contribution is -1.99. The highest BCUT2D eigenvalue weighted by molar-refractivity contribution is 8.01. The van der Waals surface area contributed by atoms with E-state index in [4.69, 9.17) is 21.4 Å². The van der Waals surface area contributed by atoms with Crippen molar-refractivity contribution in [3.05, 3.63) is 21.8 Å². The molecule has 2 aromatic rings. The Kier molecular flexibility index (Phi) is 4.79. The number of nitrogens with zero attached hydrogens (tertiary/aromatic N) is 3. The van der Waals surface area contributed by atoms with Crippen LogP contribution in [0.1, 0.15) is 10.6 Å². The Morgan fingerprint density at radius 3 is 2.95 bits per heavy atom. The summed E-state index contributed by atoms with van der Waals surface area (Å²) < 4.78 is 5.62. The average molecular weight is 332 g/mol. The number of methoxy groups -OCH3 is 1. The summed E-state index contributed by atoms with van der Waals surface area (Å²) in [5.74, 6) is -0.880. The molecule has 0 radical (unpaired) electrons. The molecule has 0 bridgehead atoms. The zero-order valence-electron chi connectivity index (χ0n) is 10.6. The van der Waals surface area contributed by atoms with Gasteiger partial charge in [-0.1, -0.05) is 11.6 Å². The summed E-state index contributed by atoms with van der Waals surface area (Å²) in [6.45, 7) is 1.78. The highest BCUT2D eigenvalue weighted by Gasteiger charge is 2.14. The van der Waals surface area contributed by atoms with Gasteiger partial charge in [0.2, 0.25) is 0 Å². The van der Waals surface area contributed by atoms with Crippen molar-refractivity contribution in [3.8, 4) is 6.01 Å². The number of carbonyl (C=O) groups is 1. The van der Waals surface area contributed by atoms with Crippen molar-refractivity contribution in [3.63, 3.8) is 0 Å². The van der Waals surface area contributed by atoms with E-state index in [1.165, 1.54) is 36.4 Å². The molecule has 0 aliphatic rings. The second kappa shape index (κ2) is 6.38. The van der Waals surface area contributed by atoms with E-state index in [9.17, 15) is 4.79 Å². The summed E-state index contributed by atoms with van der Waals surface area (Å²) in [4.78, 5) is 23.8. The molecule has 0 amide bonds. The lowest BCUT2D eigenvalue weighted by atomic mass is 10.3. The van der Waals surface area contributed by atoms with Crippen LogP contribution in [0.3, 0.4) is 0 Å². The lowest BCUT2D eigenvalue weighted by Gasteiger charge is -2.02. The van der Waals surface area contributed by atoms with E-state index >= 15 is 0 Å². The van der Waals surface area contributed by atoms with Crippen molar-refractivity contribution in [1.82, 2.24) is 15.0 Å². The van der Waals surface area contributed by atoms with Gasteiger partial charge in [-0.05, 0) is 18.7 Å². The Labute approximate surface area is 128 Å². The molecule has 9 heteroatoms. The maximum atomic E-state index is 10.7. The van der Waals surface area contributed by atoms with Crippen LogP contribution in [-0.2, 0) is 11.2 Å². The molecule has 0 saturated carbocycles. The van der Waals surface area contributed by atoms with Crippen LogP contribution in [0.4, 0.5) is 0 Å². The van der Waals surface area contributed by atoms with Crippen LogP contribution in [-0.4, -0.2) is 33.1 Å². The molecule has 0 saturated heterocycles. The van der Waals surface area contributed by atoms with Crippen LogP contribution in [0, 0.1) is 6.92 Å². The minimum Gasteiger partial charge on any atom is -0.481 e. The number of hydrogen-bond acceptors (Lipinski definition) is 7. The molecule has 0 aliphatic heterocycles. The third kappa shape index (κ3) is 3.59. The number of halogens is 1. The number of aliphatic carboxylic acids is 1. The smallest absolute Gasteiger partial charge is 0.317 e. The van der Waals surface area contributed by atoms with Crippen LogP contribution >= 0.6 is 34.7 Å². The number of carboxylic acids is 1. The number of thiazole rings is 1. The number of hydrogen-bond donors (Lipinski definition) is 1. The molecular formula is C11H10ClN3O3S2. The molecule has 20 heavy (non-hydrogen) atoms. The summed E-state index contributed by atoms with van der Waals surface area (Å²) in [6, 6.07) is 0.218. The second-order valence-corrected chi connectivity index (χ2v) is 6.40. The molecule has 0 fully saturated rings. The Morgan fingerprint density at radius 2 is 2.30 bits per heavy atom. The largest absolute Gasteiger partial charge is 0.481 e. The minimum absolute atomic E-state index is 0.0368. The summed E-state index contributed by atoms with van der Waals surface area (Å²) >= 11 is 8.59. The van der Waals surface area contributed by atoms with Gasteiger partial charge in [0.15, 0.2) is 4.34 Å². The molecule has 2 rings (SSSR count). The Balaban J connectivity index is 2.24. The number of aryl methyl sites for hydroxylation is 1. The van der Waals surface area contributed by atoms with E-state index in [1.54, 1.807) is 6.92 Å². The summed E-state index contributed by atoms with van der Waals surface area (Å²) in [5, 5.41) is 9.73. The van der Waals surface area contributed by atoms with Gasteiger partial charge in [0, 0.05) is 4.88 Å². The van der Waals surface area contributed by atoms with Gasteiger partial charge < -0.3 is 9.84 Å². The maximum Gasteiger partial charge on any atom is 0.317 e. The number of ether oxygens (including phenoxy) is 1. The molecule has 1 N–H and O–H groups in total. The van der Waals surface area contributed by atoms with E-state index < -0.39 is 5.97 Å². The van der Waals surface area contributed by atoms with Crippen molar-refractivity contribution in [2.45, 2.75) is 22.7 Å². The van der Waals surface area contributed by atoms with Crippen molar-refractivity contribution < 1.29 is 14.6 Å². The van der Waals surface area contributed by atoms with Crippen molar-refractivity contribution >= 4 is 40.7 Å². The fourth-order valence-electron chi connectivity index (χ4n) is 1.34. The zero-order valence-corrected chi connectivity index (χ0v) is 13.0. The van der Waals surface area contributed by atoms with Crippen molar-refractivity contribution in [2.24, 2.45) is 0 Å². The monoisotopic (exact) mass is 331 g/mol. The maximum absolute atomic E-state index is 10.7. The molecule has 0 spiro atoms. The van der Waals surface area contributed by atoms with E-state index in [2.05, 4.69) is 15.0 Å². The molecule has 106 valence electrons. The zero-order chi connectivity index (χ0) is 14.7. The van der Waals surface area contributed by atoms with Gasteiger partial charge >= 0.3 is 12.0 Å². The Morgan fingerprint density at radius 1 is 1.55 bits per heavy atom. The van der Waals surface area contributed by atoms with E-state index in [0.717, 1.165) is 4.88 Å². The lowest BCUT2D eigenvalue weighted by molar-refractivity contribution is -0.136. The summed E-state index contributed by atoms with van der Waals surface area (Å²) in [5.41, 5.74) is 0.706. The highest BCUT2D eigenvalue weighted by atomic mass is 35.5. The first-order valence-corrected chi connectivity index (χ1v) is 7.43. The van der Waals surface area contributed by atoms with Gasteiger partial charge in [-0.3, -0.25) is 4.79 Å². The predicted octanol–water partition coefficient (Wildman–Crippen LogP) is 2.68. The third-order valence-electron chi connectivity index (χ3n) is 2.24. The molecular weight excluding hydrogens is 322 g/mol. The molecule has 0 unspecified atom stereocenters. The molecule has 6 nitrogen and oxygen atoms in total. The van der Waals surface area contributed by atoms with Crippen molar-refractivity contribution in [1.29, 1.82) is 0 Å². The molecule has 2 aromatic heterocycles. The molecule has 2 heterocycles. The Bertz CT molecular complexity index is 648. The first kappa shape index (κ1) is 15.0. The summed E-state index contributed by atoms with van der Waals surface area (Å²) in [6.07, 6.45) is 1.42. The van der Waals surface area contributed by atoms with Gasteiger partial charge in [-0.15, -0.1) is 11.3 Å². The van der Waals surface area contributed by atoms with Crippen LogP contribution in [0.5, 0.6) is 6.01 Å². The van der Waals surface area contributed by atoms with E-state index in [0.29, 0.717) is 20.1 Å². The van der Waals surface area contributed by atoms with Crippen LogP contribution in [0.2, 0.25) is 5.02 Å². The van der Waals surface area contributed by atoms with Crippen LogP contribution in [0.15, 0.2) is 15.6 Å². The fourth-order valence-corrected chi connectivity index (χ4v) is 3.65. The summed E-state index contributed by atoms with van der Waals surface area (Å²) in [7, 11) is 1.47. The number of aromatic nitrogens is 3. The first-order chi connectivity index (χ1) is 9.49. The van der Waals surface area contributed by atoms with Crippen molar-refractivity contribution in [2.75, 3.05) is 7.11 Å². The van der Waals surface area contributed by atoms with Gasteiger partial charge in [-0.2, -0.15) is 4.98 Å². The first-order valence-electron chi connectivity index (χ1n) is 5.42. The third-order valence-corrected chi connectivity index (χ3v) is 4.85. The van der Waals surface area contributed by atoms with Gasteiger partial charge in [0.05, 0.1) is 30.4 Å². The SMILES string of the molecule is COc1ncc(Cl)c(Sc2nc(C)c(CC(=O)O)s2)n1. The minimum atomic E-state index is -0.880. The topological polar surface area (TPSA) is 85.2 Å². The number of carboxylic acid groups (broad SMARTS) is 1.